The van der Waals surface area contributed by atoms with E-state index < -0.39 is 0 Å². The smallest absolute Gasteiger partial charge is 0.305 e. The first kappa shape index (κ1) is 12.2. The van der Waals surface area contributed by atoms with Crippen LogP contribution in [0.15, 0.2) is 0 Å². The quantitative estimate of drug-likeness (QED) is 0.386. The minimum Gasteiger partial charge on any atom is -0.466 e. The standard InChI is InChI=1S/C8H16N2O2S/c1-3-12-7(11)5-4-6-10-8(13)9-2/h3-6H2,1-2H3,(H2,9,10,13). The molecule has 0 fully saturated rings. The maximum Gasteiger partial charge on any atom is 0.305 e. The van der Waals surface area contributed by atoms with Crippen molar-refractivity contribution < 1.29 is 9.53 Å². The van der Waals surface area contributed by atoms with E-state index in [0.29, 0.717) is 24.7 Å². The van der Waals surface area contributed by atoms with Gasteiger partial charge < -0.3 is 15.4 Å². The lowest BCUT2D eigenvalue weighted by atomic mass is 10.3. The zero-order chi connectivity index (χ0) is 10.1. The Morgan fingerprint density at radius 1 is 1.54 bits per heavy atom. The van der Waals surface area contributed by atoms with Crippen LogP contribution in [0, 0.1) is 0 Å². The van der Waals surface area contributed by atoms with Gasteiger partial charge in [0.25, 0.3) is 0 Å². The molecule has 0 spiro atoms. The zero-order valence-corrected chi connectivity index (χ0v) is 8.87. The third-order valence-electron chi connectivity index (χ3n) is 1.38. The molecule has 0 heterocycles. The molecule has 0 unspecified atom stereocenters. The highest BCUT2D eigenvalue weighted by atomic mass is 32.1. The van der Waals surface area contributed by atoms with Crippen LogP contribution in [0.1, 0.15) is 19.8 Å². The van der Waals surface area contributed by atoms with Crippen LogP contribution in [0.3, 0.4) is 0 Å². The van der Waals surface area contributed by atoms with Crippen LogP contribution in [0.2, 0.25) is 0 Å². The lowest BCUT2D eigenvalue weighted by Crippen LogP contribution is -2.33. The molecular formula is C8H16N2O2S. The van der Waals surface area contributed by atoms with Crippen molar-refractivity contribution in [3.05, 3.63) is 0 Å². The van der Waals surface area contributed by atoms with Gasteiger partial charge in [0.1, 0.15) is 0 Å². The molecule has 0 aromatic carbocycles. The maximum atomic E-state index is 10.9. The van der Waals surface area contributed by atoms with Crippen LogP contribution in [-0.2, 0) is 9.53 Å². The summed E-state index contributed by atoms with van der Waals surface area (Å²) in [6, 6.07) is 0. The Morgan fingerprint density at radius 2 is 2.23 bits per heavy atom. The molecule has 0 aromatic heterocycles. The van der Waals surface area contributed by atoms with Crippen LogP contribution >= 0.6 is 12.2 Å². The highest BCUT2D eigenvalue weighted by Gasteiger charge is 2.00. The number of carbonyl (C=O) groups is 1. The van der Waals surface area contributed by atoms with Crippen molar-refractivity contribution in [2.24, 2.45) is 0 Å². The number of rotatable bonds is 5. The summed E-state index contributed by atoms with van der Waals surface area (Å²) in [6.07, 6.45) is 1.17. The molecule has 0 aliphatic rings. The van der Waals surface area contributed by atoms with Gasteiger partial charge in [-0.1, -0.05) is 0 Å². The Hall–Kier alpha value is -0.840. The normalized spacial score (nSPS) is 9.08. The molecule has 0 saturated carbocycles. The molecule has 0 amide bonds. The summed E-state index contributed by atoms with van der Waals surface area (Å²) in [4.78, 5) is 10.9. The van der Waals surface area contributed by atoms with Gasteiger partial charge in [-0.15, -0.1) is 0 Å². The molecule has 0 saturated heterocycles. The fourth-order valence-corrected chi connectivity index (χ4v) is 0.858. The molecule has 2 N–H and O–H groups in total. The van der Waals surface area contributed by atoms with Crippen LogP contribution < -0.4 is 10.6 Å². The van der Waals surface area contributed by atoms with Crippen LogP contribution in [0.25, 0.3) is 0 Å². The largest absolute Gasteiger partial charge is 0.466 e. The number of esters is 1. The minimum atomic E-state index is -0.153. The molecule has 0 aromatic rings. The van der Waals surface area contributed by atoms with E-state index in [4.69, 9.17) is 17.0 Å². The van der Waals surface area contributed by atoms with Gasteiger partial charge in [0.2, 0.25) is 0 Å². The fourth-order valence-electron chi connectivity index (χ4n) is 0.756. The third-order valence-corrected chi connectivity index (χ3v) is 1.72. The summed E-state index contributed by atoms with van der Waals surface area (Å²) >= 11 is 4.85. The molecule has 5 heteroatoms. The minimum absolute atomic E-state index is 0.153. The average Bonchev–Trinajstić information content (AvgIpc) is 2.12. The molecule has 76 valence electrons. The van der Waals surface area contributed by atoms with Crippen molar-refractivity contribution in [2.75, 3.05) is 20.2 Å². The molecule has 4 nitrogen and oxygen atoms in total. The van der Waals surface area contributed by atoms with Gasteiger partial charge in [-0.3, -0.25) is 4.79 Å². The first-order chi connectivity index (χ1) is 6.20. The molecule has 0 rings (SSSR count). The van der Waals surface area contributed by atoms with Gasteiger partial charge in [-0.25, -0.2) is 0 Å². The van der Waals surface area contributed by atoms with Crippen molar-refractivity contribution >= 4 is 23.3 Å². The summed E-state index contributed by atoms with van der Waals surface area (Å²) in [5, 5.41) is 6.33. The van der Waals surface area contributed by atoms with Gasteiger partial charge in [0.05, 0.1) is 6.61 Å². The number of carbonyl (C=O) groups excluding carboxylic acids is 1. The van der Waals surface area contributed by atoms with E-state index in [1.807, 2.05) is 0 Å². The van der Waals surface area contributed by atoms with Crippen LogP contribution in [0.5, 0.6) is 0 Å². The molecule has 0 aliphatic heterocycles. The van der Waals surface area contributed by atoms with Gasteiger partial charge in [-0.2, -0.15) is 0 Å². The van der Waals surface area contributed by atoms with E-state index in [2.05, 4.69) is 10.6 Å². The lowest BCUT2D eigenvalue weighted by Gasteiger charge is -2.05. The Labute approximate surface area is 84.0 Å². The number of thiocarbonyl (C=S) groups is 1. The topological polar surface area (TPSA) is 50.4 Å². The highest BCUT2D eigenvalue weighted by molar-refractivity contribution is 7.80. The first-order valence-electron chi connectivity index (χ1n) is 4.32. The predicted octanol–water partition coefficient (Wildman–Crippen LogP) is 0.424. The summed E-state index contributed by atoms with van der Waals surface area (Å²) in [5.41, 5.74) is 0. The number of hydrogen-bond acceptors (Lipinski definition) is 3. The Kier molecular flexibility index (Phi) is 7.29. The van der Waals surface area contributed by atoms with Crippen LogP contribution in [0.4, 0.5) is 0 Å². The first-order valence-corrected chi connectivity index (χ1v) is 4.72. The average molecular weight is 204 g/mol. The SMILES string of the molecule is CCOC(=O)CCCNC(=S)NC. The van der Waals surface area contributed by atoms with Crippen molar-refractivity contribution in [3.63, 3.8) is 0 Å². The van der Waals surface area contributed by atoms with Crippen molar-refractivity contribution in [1.82, 2.24) is 10.6 Å². The van der Waals surface area contributed by atoms with Gasteiger partial charge in [0.15, 0.2) is 5.11 Å². The maximum absolute atomic E-state index is 10.9. The van der Waals surface area contributed by atoms with E-state index in [9.17, 15) is 4.79 Å². The Morgan fingerprint density at radius 3 is 2.77 bits per heavy atom. The van der Waals surface area contributed by atoms with E-state index >= 15 is 0 Å². The molecule has 0 radical (unpaired) electrons. The second-order valence-corrected chi connectivity index (χ2v) is 2.82. The fraction of sp³-hybridized carbons (Fsp3) is 0.750. The lowest BCUT2D eigenvalue weighted by molar-refractivity contribution is -0.143. The zero-order valence-electron chi connectivity index (χ0n) is 8.05. The number of ether oxygens (including phenoxy) is 1. The number of hydrogen-bond donors (Lipinski definition) is 2. The van der Waals surface area contributed by atoms with E-state index in [0.717, 1.165) is 6.42 Å². The summed E-state index contributed by atoms with van der Waals surface area (Å²) < 4.78 is 4.76. The molecule has 0 aliphatic carbocycles. The Balaban J connectivity index is 3.25. The second-order valence-electron chi connectivity index (χ2n) is 2.41. The highest BCUT2D eigenvalue weighted by Crippen LogP contribution is 1.90. The molecular weight excluding hydrogens is 188 g/mol. The monoisotopic (exact) mass is 204 g/mol. The summed E-state index contributed by atoms with van der Waals surface area (Å²) in [7, 11) is 1.75. The number of nitrogens with one attached hydrogen (secondary N) is 2. The van der Waals surface area contributed by atoms with E-state index in [1.165, 1.54) is 0 Å². The van der Waals surface area contributed by atoms with Gasteiger partial charge >= 0.3 is 5.97 Å². The molecule has 13 heavy (non-hydrogen) atoms. The predicted molar refractivity (Wildman–Crippen MR) is 55.5 cm³/mol. The van der Waals surface area contributed by atoms with E-state index in [-0.39, 0.29) is 5.97 Å². The van der Waals surface area contributed by atoms with Crippen molar-refractivity contribution in [1.29, 1.82) is 0 Å². The van der Waals surface area contributed by atoms with Gasteiger partial charge in [-0.05, 0) is 25.6 Å². The summed E-state index contributed by atoms with van der Waals surface area (Å²) in [6.45, 7) is 2.94. The van der Waals surface area contributed by atoms with Crippen molar-refractivity contribution in [2.45, 2.75) is 19.8 Å². The molecule has 0 atom stereocenters. The third kappa shape index (κ3) is 7.52. The Bertz CT molecular complexity index is 174. The van der Waals surface area contributed by atoms with Crippen LogP contribution in [-0.4, -0.2) is 31.3 Å². The molecule has 0 bridgehead atoms. The summed E-state index contributed by atoms with van der Waals surface area (Å²) in [5.74, 6) is -0.153. The van der Waals surface area contributed by atoms with Gasteiger partial charge in [0, 0.05) is 20.0 Å². The van der Waals surface area contributed by atoms with E-state index in [1.54, 1.807) is 14.0 Å². The second kappa shape index (κ2) is 7.79. The van der Waals surface area contributed by atoms with Crippen molar-refractivity contribution in [3.8, 4) is 0 Å².